The molecule has 0 saturated carbocycles. The Morgan fingerprint density at radius 2 is 2.16 bits per heavy atom. The van der Waals surface area contributed by atoms with Crippen LogP contribution in [0.2, 0.25) is 0 Å². The average Bonchev–Trinajstić information content (AvgIpc) is 2.82. The Morgan fingerprint density at radius 3 is 2.74 bits per heavy atom. The van der Waals surface area contributed by atoms with E-state index in [2.05, 4.69) is 10.5 Å². The summed E-state index contributed by atoms with van der Waals surface area (Å²) < 4.78 is 4.86. The van der Waals surface area contributed by atoms with Crippen LogP contribution in [0, 0.1) is 6.92 Å². The molecular weight excluding hydrogens is 264 g/mol. The highest BCUT2D eigenvalue weighted by Crippen LogP contribution is 2.18. The minimum absolute atomic E-state index is 0.0247. The number of nitrogens with zero attached hydrogens (tertiary/aromatic N) is 1. The molecule has 2 N–H and O–H groups in total. The highest BCUT2D eigenvalue weighted by Gasteiger charge is 2.06. The fourth-order valence-corrected chi connectivity index (χ4v) is 2.14. The smallest absolute Gasteiger partial charge is 0.235 e. The first kappa shape index (κ1) is 13.6. The number of benzene rings is 1. The van der Waals surface area contributed by atoms with E-state index in [1.807, 2.05) is 24.3 Å². The molecule has 0 atom stereocenters. The summed E-state index contributed by atoms with van der Waals surface area (Å²) in [7, 11) is 0. The van der Waals surface area contributed by atoms with Gasteiger partial charge in [-0.15, -0.1) is 11.8 Å². The van der Waals surface area contributed by atoms with Crippen molar-refractivity contribution in [2.75, 3.05) is 11.1 Å². The lowest BCUT2D eigenvalue weighted by atomic mass is 10.2. The molecule has 1 aromatic heterocycles. The second-order valence-corrected chi connectivity index (χ2v) is 5.01. The number of hydrogen-bond donors (Lipinski definition) is 2. The molecule has 0 bridgehead atoms. The molecule has 19 heavy (non-hydrogen) atoms. The summed E-state index contributed by atoms with van der Waals surface area (Å²) in [6.45, 7) is 1.79. The summed E-state index contributed by atoms with van der Waals surface area (Å²) in [5, 5.41) is 15.3. The first-order chi connectivity index (χ1) is 9.17. The summed E-state index contributed by atoms with van der Waals surface area (Å²) in [6.07, 6.45) is 0. The number of rotatable bonds is 5. The molecule has 0 fully saturated rings. The molecule has 2 rings (SSSR count). The van der Waals surface area contributed by atoms with E-state index in [1.54, 1.807) is 13.0 Å². The van der Waals surface area contributed by atoms with E-state index in [1.165, 1.54) is 11.8 Å². The SMILES string of the molecule is Cc1cc(NC(=O)CSc2ccc(CO)cc2)no1. The van der Waals surface area contributed by atoms with Gasteiger partial charge in [0, 0.05) is 11.0 Å². The van der Waals surface area contributed by atoms with Crippen LogP contribution < -0.4 is 5.32 Å². The number of aryl methyl sites for hydroxylation is 1. The molecule has 6 heteroatoms. The van der Waals surface area contributed by atoms with Crippen LogP contribution in [0.1, 0.15) is 11.3 Å². The number of amides is 1. The lowest BCUT2D eigenvalue weighted by Gasteiger charge is -2.02. The molecule has 0 saturated heterocycles. The maximum absolute atomic E-state index is 11.7. The second-order valence-electron chi connectivity index (χ2n) is 3.96. The van der Waals surface area contributed by atoms with Gasteiger partial charge in [-0.1, -0.05) is 17.3 Å². The van der Waals surface area contributed by atoms with Gasteiger partial charge in [0.05, 0.1) is 12.4 Å². The van der Waals surface area contributed by atoms with Crippen LogP contribution in [-0.2, 0) is 11.4 Å². The van der Waals surface area contributed by atoms with Crippen molar-refractivity contribution in [1.82, 2.24) is 5.16 Å². The number of aliphatic hydroxyl groups is 1. The van der Waals surface area contributed by atoms with Gasteiger partial charge in [0.2, 0.25) is 5.91 Å². The quantitative estimate of drug-likeness (QED) is 0.820. The Balaban J connectivity index is 1.82. The summed E-state index contributed by atoms with van der Waals surface area (Å²) in [5.41, 5.74) is 0.854. The number of aromatic nitrogens is 1. The van der Waals surface area contributed by atoms with Crippen molar-refractivity contribution in [3.8, 4) is 0 Å². The zero-order valence-electron chi connectivity index (χ0n) is 10.4. The molecule has 1 amide bonds. The normalized spacial score (nSPS) is 10.4. The van der Waals surface area contributed by atoms with E-state index >= 15 is 0 Å². The van der Waals surface area contributed by atoms with Crippen LogP contribution in [0.15, 0.2) is 39.8 Å². The van der Waals surface area contributed by atoms with Gasteiger partial charge in [0.25, 0.3) is 0 Å². The maximum atomic E-state index is 11.7. The number of hydrogen-bond acceptors (Lipinski definition) is 5. The second kappa shape index (κ2) is 6.40. The van der Waals surface area contributed by atoms with Crippen molar-refractivity contribution >= 4 is 23.5 Å². The topological polar surface area (TPSA) is 75.4 Å². The molecule has 0 aliphatic heterocycles. The Labute approximate surface area is 115 Å². The van der Waals surface area contributed by atoms with Crippen molar-refractivity contribution in [2.45, 2.75) is 18.4 Å². The lowest BCUT2D eigenvalue weighted by Crippen LogP contribution is -2.14. The van der Waals surface area contributed by atoms with Gasteiger partial charge >= 0.3 is 0 Å². The van der Waals surface area contributed by atoms with Crippen molar-refractivity contribution in [3.05, 3.63) is 41.7 Å². The van der Waals surface area contributed by atoms with Gasteiger partial charge < -0.3 is 14.9 Å². The van der Waals surface area contributed by atoms with Gasteiger partial charge in [-0.05, 0) is 24.6 Å². The number of nitrogens with one attached hydrogen (secondary N) is 1. The van der Waals surface area contributed by atoms with Crippen LogP contribution in [-0.4, -0.2) is 21.9 Å². The number of aliphatic hydroxyl groups excluding tert-OH is 1. The largest absolute Gasteiger partial charge is 0.392 e. The van der Waals surface area contributed by atoms with E-state index in [0.29, 0.717) is 17.3 Å². The third-order valence-electron chi connectivity index (χ3n) is 2.37. The minimum Gasteiger partial charge on any atom is -0.392 e. The van der Waals surface area contributed by atoms with E-state index in [4.69, 9.17) is 9.63 Å². The Kier molecular flexibility index (Phi) is 4.59. The fraction of sp³-hybridized carbons (Fsp3) is 0.231. The van der Waals surface area contributed by atoms with Crippen molar-refractivity contribution in [1.29, 1.82) is 0 Å². The number of carbonyl (C=O) groups is 1. The molecule has 2 aromatic rings. The Morgan fingerprint density at radius 1 is 1.42 bits per heavy atom. The maximum Gasteiger partial charge on any atom is 0.235 e. The van der Waals surface area contributed by atoms with Gasteiger partial charge in [-0.2, -0.15) is 0 Å². The van der Waals surface area contributed by atoms with Crippen LogP contribution in [0.4, 0.5) is 5.82 Å². The van der Waals surface area contributed by atoms with Crippen LogP contribution in [0.5, 0.6) is 0 Å². The standard InChI is InChI=1S/C13H14N2O3S/c1-9-6-12(15-18-9)14-13(17)8-19-11-4-2-10(7-16)3-5-11/h2-6,16H,7-8H2,1H3,(H,14,15,17). The van der Waals surface area contributed by atoms with Crippen LogP contribution >= 0.6 is 11.8 Å². The van der Waals surface area contributed by atoms with Crippen LogP contribution in [0.3, 0.4) is 0 Å². The first-order valence-electron chi connectivity index (χ1n) is 5.73. The van der Waals surface area contributed by atoms with Gasteiger partial charge in [0.15, 0.2) is 5.82 Å². The van der Waals surface area contributed by atoms with Gasteiger partial charge in [-0.3, -0.25) is 4.79 Å². The monoisotopic (exact) mass is 278 g/mol. The van der Waals surface area contributed by atoms with Crippen molar-refractivity contribution in [2.24, 2.45) is 0 Å². The third-order valence-corrected chi connectivity index (χ3v) is 3.38. The van der Waals surface area contributed by atoms with E-state index in [-0.39, 0.29) is 12.5 Å². The highest BCUT2D eigenvalue weighted by atomic mass is 32.2. The molecule has 0 aliphatic carbocycles. The molecule has 1 aromatic carbocycles. The third kappa shape index (κ3) is 4.11. The van der Waals surface area contributed by atoms with Crippen molar-refractivity contribution < 1.29 is 14.4 Å². The molecule has 0 spiro atoms. The predicted octanol–water partition coefficient (Wildman–Crippen LogP) is 2.21. The number of thioether (sulfide) groups is 1. The molecule has 1 heterocycles. The van der Waals surface area contributed by atoms with E-state index in [9.17, 15) is 4.79 Å². The zero-order chi connectivity index (χ0) is 13.7. The first-order valence-corrected chi connectivity index (χ1v) is 6.71. The summed E-state index contributed by atoms with van der Waals surface area (Å²) in [4.78, 5) is 12.6. The van der Waals surface area contributed by atoms with E-state index in [0.717, 1.165) is 10.5 Å². The minimum atomic E-state index is -0.135. The lowest BCUT2D eigenvalue weighted by molar-refractivity contribution is -0.113. The summed E-state index contributed by atoms with van der Waals surface area (Å²) in [5.74, 6) is 1.25. The Hall–Kier alpha value is -1.79. The average molecular weight is 278 g/mol. The molecular formula is C13H14N2O3S. The van der Waals surface area contributed by atoms with Crippen LogP contribution in [0.25, 0.3) is 0 Å². The Bertz CT molecular complexity index is 551. The number of anilines is 1. The van der Waals surface area contributed by atoms with Gasteiger partial charge in [0.1, 0.15) is 5.76 Å². The van der Waals surface area contributed by atoms with Crippen molar-refractivity contribution in [3.63, 3.8) is 0 Å². The molecule has 0 unspecified atom stereocenters. The molecule has 0 aliphatic rings. The molecule has 100 valence electrons. The van der Waals surface area contributed by atoms with Gasteiger partial charge in [-0.25, -0.2) is 0 Å². The highest BCUT2D eigenvalue weighted by molar-refractivity contribution is 8.00. The fourth-order valence-electron chi connectivity index (χ4n) is 1.44. The van der Waals surface area contributed by atoms with E-state index < -0.39 is 0 Å². The molecule has 0 radical (unpaired) electrons. The number of carbonyl (C=O) groups excluding carboxylic acids is 1. The summed E-state index contributed by atoms with van der Waals surface area (Å²) >= 11 is 1.42. The zero-order valence-corrected chi connectivity index (χ0v) is 11.2. The molecule has 5 nitrogen and oxygen atoms in total. The predicted molar refractivity (Wildman–Crippen MR) is 73.0 cm³/mol. The summed E-state index contributed by atoms with van der Waals surface area (Å²) in [6, 6.07) is 9.09.